The quantitative estimate of drug-likeness (QED) is 0.340. The summed E-state index contributed by atoms with van der Waals surface area (Å²) in [5, 5.41) is 0. The first kappa shape index (κ1) is 27.3. The van der Waals surface area contributed by atoms with Crippen LogP contribution in [-0.4, -0.2) is 50.0 Å². The highest BCUT2D eigenvalue weighted by Gasteiger charge is 2.59. The predicted molar refractivity (Wildman–Crippen MR) is 142 cm³/mol. The van der Waals surface area contributed by atoms with Crippen molar-refractivity contribution in [3.63, 3.8) is 0 Å². The molecule has 0 bridgehead atoms. The lowest BCUT2D eigenvalue weighted by atomic mass is 9.91. The maximum absolute atomic E-state index is 15.5. The summed E-state index contributed by atoms with van der Waals surface area (Å²) < 4.78 is 35.6. The summed E-state index contributed by atoms with van der Waals surface area (Å²) in [4.78, 5) is 29.6. The molecule has 200 valence electrons. The monoisotopic (exact) mass is 539 g/mol. The molecule has 3 aromatic carbocycles. The van der Waals surface area contributed by atoms with Gasteiger partial charge in [0.15, 0.2) is 4.75 Å². The maximum atomic E-state index is 15.5. The number of esters is 1. The Bertz CT molecular complexity index is 1330. The van der Waals surface area contributed by atoms with E-state index in [2.05, 4.69) is 0 Å². The minimum Gasteiger partial charge on any atom is -0.497 e. The molecular weight excluding hydrogens is 509 g/mol. The van der Waals surface area contributed by atoms with Crippen LogP contribution in [0.25, 0.3) is 0 Å². The Balaban J connectivity index is 1.90. The number of benzene rings is 3. The van der Waals surface area contributed by atoms with E-state index in [1.54, 1.807) is 25.3 Å². The van der Waals surface area contributed by atoms with Crippen molar-refractivity contribution in [1.29, 1.82) is 0 Å². The SMILES string of the molecule is COC(=O)C1(Sc2ccc(C)cc2)CC(=O)N(Cc2ccc(OC)cc2OC)C1c1cc(OC)ccc1F. The van der Waals surface area contributed by atoms with E-state index in [0.29, 0.717) is 22.8 Å². The zero-order chi connectivity index (χ0) is 27.4. The van der Waals surface area contributed by atoms with Gasteiger partial charge >= 0.3 is 5.97 Å². The summed E-state index contributed by atoms with van der Waals surface area (Å²) >= 11 is 1.20. The van der Waals surface area contributed by atoms with Crippen molar-refractivity contribution >= 4 is 23.6 Å². The van der Waals surface area contributed by atoms with E-state index < -0.39 is 22.6 Å². The molecule has 2 atom stereocenters. The van der Waals surface area contributed by atoms with E-state index in [0.717, 1.165) is 10.5 Å². The topological polar surface area (TPSA) is 74.3 Å². The van der Waals surface area contributed by atoms with Crippen LogP contribution in [0.2, 0.25) is 0 Å². The number of nitrogens with zero attached hydrogens (tertiary/aromatic N) is 1. The van der Waals surface area contributed by atoms with Crippen LogP contribution in [-0.2, 0) is 20.9 Å². The van der Waals surface area contributed by atoms with E-state index in [4.69, 9.17) is 18.9 Å². The molecule has 38 heavy (non-hydrogen) atoms. The molecule has 2 unspecified atom stereocenters. The van der Waals surface area contributed by atoms with E-state index in [1.165, 1.54) is 56.2 Å². The Labute approximate surface area is 225 Å². The number of ether oxygens (including phenoxy) is 4. The van der Waals surface area contributed by atoms with Gasteiger partial charge in [0.2, 0.25) is 5.91 Å². The maximum Gasteiger partial charge on any atom is 0.325 e. The van der Waals surface area contributed by atoms with Crippen LogP contribution in [0.3, 0.4) is 0 Å². The van der Waals surface area contributed by atoms with Gasteiger partial charge in [-0.2, -0.15) is 0 Å². The Morgan fingerprint density at radius 2 is 1.63 bits per heavy atom. The smallest absolute Gasteiger partial charge is 0.325 e. The number of methoxy groups -OCH3 is 4. The lowest BCUT2D eigenvalue weighted by Crippen LogP contribution is -2.43. The molecule has 1 aliphatic heterocycles. The van der Waals surface area contributed by atoms with Crippen molar-refractivity contribution in [2.24, 2.45) is 0 Å². The van der Waals surface area contributed by atoms with Crippen molar-refractivity contribution in [3.8, 4) is 17.2 Å². The van der Waals surface area contributed by atoms with Crippen LogP contribution in [0, 0.1) is 12.7 Å². The summed E-state index contributed by atoms with van der Waals surface area (Å²) in [6.07, 6.45) is -0.183. The van der Waals surface area contributed by atoms with Gasteiger partial charge in [-0.25, -0.2) is 4.39 Å². The average Bonchev–Trinajstić information content (AvgIpc) is 3.21. The molecule has 7 nitrogen and oxygen atoms in total. The molecule has 4 rings (SSSR count). The Morgan fingerprint density at radius 1 is 0.974 bits per heavy atom. The largest absolute Gasteiger partial charge is 0.497 e. The number of rotatable bonds is 9. The zero-order valence-electron chi connectivity index (χ0n) is 21.9. The van der Waals surface area contributed by atoms with Crippen LogP contribution in [0.4, 0.5) is 4.39 Å². The number of hydrogen-bond donors (Lipinski definition) is 0. The number of aryl methyl sites for hydroxylation is 1. The van der Waals surface area contributed by atoms with Gasteiger partial charge in [0, 0.05) is 28.6 Å². The van der Waals surface area contributed by atoms with Gasteiger partial charge in [0.25, 0.3) is 0 Å². The van der Waals surface area contributed by atoms with Crippen LogP contribution >= 0.6 is 11.8 Å². The van der Waals surface area contributed by atoms with E-state index in [9.17, 15) is 9.59 Å². The third-order valence-electron chi connectivity index (χ3n) is 6.67. The van der Waals surface area contributed by atoms with Gasteiger partial charge in [-0.15, -0.1) is 11.8 Å². The van der Waals surface area contributed by atoms with E-state index in [1.807, 2.05) is 31.2 Å². The molecule has 1 heterocycles. The number of amides is 1. The average molecular weight is 540 g/mol. The van der Waals surface area contributed by atoms with Gasteiger partial charge in [0.1, 0.15) is 23.1 Å². The molecule has 1 aliphatic rings. The Morgan fingerprint density at radius 3 is 2.26 bits per heavy atom. The summed E-state index contributed by atoms with van der Waals surface area (Å²) in [5.74, 6) is 0.00101. The third-order valence-corrected chi connectivity index (χ3v) is 8.08. The second kappa shape index (κ2) is 11.3. The number of likely N-dealkylation sites (tertiary alicyclic amines) is 1. The summed E-state index contributed by atoms with van der Waals surface area (Å²) in [6.45, 7) is 2.03. The molecule has 1 amide bonds. The molecule has 1 saturated heterocycles. The van der Waals surface area contributed by atoms with Crippen molar-refractivity contribution in [3.05, 3.63) is 83.2 Å². The molecule has 0 N–H and O–H groups in total. The fraction of sp³-hybridized carbons (Fsp3) is 0.310. The van der Waals surface area contributed by atoms with Crippen LogP contribution in [0.5, 0.6) is 17.2 Å². The normalized spacial score (nSPS) is 18.8. The molecule has 1 fully saturated rings. The molecule has 0 spiro atoms. The molecule has 0 aromatic heterocycles. The first-order valence-electron chi connectivity index (χ1n) is 11.9. The van der Waals surface area contributed by atoms with Crippen molar-refractivity contribution < 1.29 is 32.9 Å². The standard InChI is InChI=1S/C29H30FNO6S/c1-18-6-11-22(12-7-18)38-29(28(33)37-5)16-26(32)31(17-19-8-9-21(35-3)15-25(19)36-4)27(29)23-14-20(34-2)10-13-24(23)30/h6-15,27H,16-17H2,1-5H3. The van der Waals surface area contributed by atoms with Crippen LogP contribution in [0.1, 0.15) is 29.2 Å². The molecule has 3 aromatic rings. The lowest BCUT2D eigenvalue weighted by Gasteiger charge is -2.36. The van der Waals surface area contributed by atoms with Crippen molar-refractivity contribution in [1.82, 2.24) is 4.90 Å². The minimum atomic E-state index is -1.46. The molecule has 0 saturated carbocycles. The predicted octanol–water partition coefficient (Wildman–Crippen LogP) is 5.34. The second-order valence-electron chi connectivity index (χ2n) is 8.96. The highest BCUT2D eigenvalue weighted by atomic mass is 32.2. The fourth-order valence-electron chi connectivity index (χ4n) is 4.75. The molecular formula is C29H30FNO6S. The first-order chi connectivity index (χ1) is 18.3. The second-order valence-corrected chi connectivity index (χ2v) is 10.4. The van der Waals surface area contributed by atoms with Crippen molar-refractivity contribution in [2.75, 3.05) is 28.4 Å². The number of carbonyl (C=O) groups excluding carboxylic acids is 2. The lowest BCUT2D eigenvalue weighted by molar-refractivity contribution is -0.144. The van der Waals surface area contributed by atoms with E-state index in [-0.39, 0.29) is 24.4 Å². The zero-order valence-corrected chi connectivity index (χ0v) is 22.8. The molecule has 0 aliphatic carbocycles. The number of halogens is 1. The van der Waals surface area contributed by atoms with Gasteiger partial charge in [-0.05, 0) is 49.4 Å². The number of carbonyl (C=O) groups is 2. The van der Waals surface area contributed by atoms with E-state index >= 15 is 4.39 Å². The summed E-state index contributed by atoms with van der Waals surface area (Å²) in [7, 11) is 5.83. The van der Waals surface area contributed by atoms with Gasteiger partial charge < -0.3 is 23.8 Å². The third kappa shape index (κ3) is 5.15. The Hall–Kier alpha value is -3.72. The van der Waals surface area contributed by atoms with Gasteiger partial charge in [-0.1, -0.05) is 17.7 Å². The fourth-order valence-corrected chi connectivity index (χ4v) is 6.17. The first-order valence-corrected chi connectivity index (χ1v) is 12.8. The Kier molecular flexibility index (Phi) is 8.16. The summed E-state index contributed by atoms with van der Waals surface area (Å²) in [6, 6.07) is 16.2. The van der Waals surface area contributed by atoms with Crippen LogP contribution < -0.4 is 14.2 Å². The molecule has 0 radical (unpaired) electrons. The van der Waals surface area contributed by atoms with Gasteiger partial charge in [0.05, 0.1) is 40.9 Å². The molecule has 9 heteroatoms. The van der Waals surface area contributed by atoms with Crippen LogP contribution in [0.15, 0.2) is 65.6 Å². The number of thioether (sulfide) groups is 1. The highest BCUT2D eigenvalue weighted by molar-refractivity contribution is 8.01. The summed E-state index contributed by atoms with van der Waals surface area (Å²) in [5.41, 5.74) is 1.89. The number of hydrogen-bond acceptors (Lipinski definition) is 7. The van der Waals surface area contributed by atoms with Gasteiger partial charge in [-0.3, -0.25) is 9.59 Å². The van der Waals surface area contributed by atoms with Crippen molar-refractivity contribution in [2.45, 2.75) is 35.6 Å². The minimum absolute atomic E-state index is 0.0700. The highest BCUT2D eigenvalue weighted by Crippen LogP contribution is 2.54.